The first-order valence-electron chi connectivity index (χ1n) is 7.02. The third kappa shape index (κ3) is 3.10. The molecule has 0 unspecified atom stereocenters. The molecule has 21 heavy (non-hydrogen) atoms. The Bertz CT molecular complexity index is 640. The normalized spacial score (nSPS) is 10.8. The molecule has 0 amide bonds. The van der Waals surface area contributed by atoms with E-state index in [2.05, 4.69) is 0 Å². The van der Waals surface area contributed by atoms with Crippen LogP contribution in [0.3, 0.4) is 0 Å². The van der Waals surface area contributed by atoms with Crippen molar-refractivity contribution in [2.75, 3.05) is 13.2 Å². The zero-order valence-electron chi connectivity index (χ0n) is 12.1. The number of hydrogen-bond donors (Lipinski definition) is 2. The zero-order chi connectivity index (χ0) is 15.4. The number of hydrogen-bond acceptors (Lipinski definition) is 4. The maximum atomic E-state index is 10.4. The van der Waals surface area contributed by atoms with Gasteiger partial charge in [-0.2, -0.15) is 0 Å². The quantitative estimate of drug-likeness (QED) is 0.772. The molecule has 0 heterocycles. The number of ether oxygens (including phenoxy) is 2. The van der Waals surface area contributed by atoms with Gasteiger partial charge in [-0.1, -0.05) is 25.4 Å². The molecule has 2 aromatic rings. The van der Waals surface area contributed by atoms with Crippen molar-refractivity contribution in [2.24, 2.45) is 0 Å². The molecule has 0 saturated carbocycles. The molecule has 0 fully saturated rings. The largest absolute Gasteiger partial charge is 0.504 e. The van der Waals surface area contributed by atoms with E-state index in [4.69, 9.17) is 21.1 Å². The van der Waals surface area contributed by atoms with Crippen molar-refractivity contribution in [3.8, 4) is 23.0 Å². The van der Waals surface area contributed by atoms with E-state index >= 15 is 0 Å². The second-order valence-electron chi connectivity index (χ2n) is 4.74. The van der Waals surface area contributed by atoms with E-state index in [0.717, 1.165) is 12.8 Å². The molecule has 4 nitrogen and oxygen atoms in total. The van der Waals surface area contributed by atoms with Gasteiger partial charge in [-0.3, -0.25) is 0 Å². The highest BCUT2D eigenvalue weighted by Gasteiger charge is 2.21. The maximum absolute atomic E-state index is 10.4. The van der Waals surface area contributed by atoms with Crippen molar-refractivity contribution in [3.63, 3.8) is 0 Å². The Kier molecular flexibility index (Phi) is 5.02. The second kappa shape index (κ2) is 6.76. The molecule has 114 valence electrons. The van der Waals surface area contributed by atoms with E-state index in [1.807, 2.05) is 13.8 Å². The summed E-state index contributed by atoms with van der Waals surface area (Å²) in [5.74, 6) is 0.235. The molecular formula is C16H19ClO4. The summed E-state index contributed by atoms with van der Waals surface area (Å²) in [6.07, 6.45) is 1.56. The van der Waals surface area contributed by atoms with Crippen LogP contribution in [0, 0.1) is 0 Å². The fraction of sp³-hybridized carbons (Fsp3) is 0.375. The zero-order valence-corrected chi connectivity index (χ0v) is 12.9. The summed E-state index contributed by atoms with van der Waals surface area (Å²) in [7, 11) is 0. The summed E-state index contributed by atoms with van der Waals surface area (Å²) >= 11 is 5.96. The number of phenolic OH excluding ortho intramolecular Hbond substituents is 2. The molecule has 5 heteroatoms. The summed E-state index contributed by atoms with van der Waals surface area (Å²) in [5, 5.41) is 22.2. The van der Waals surface area contributed by atoms with Crippen LogP contribution in [0.2, 0.25) is 5.02 Å². The van der Waals surface area contributed by atoms with E-state index in [-0.39, 0.29) is 23.0 Å². The molecule has 0 bridgehead atoms. The van der Waals surface area contributed by atoms with Crippen LogP contribution in [-0.4, -0.2) is 23.4 Å². The molecule has 0 spiro atoms. The van der Waals surface area contributed by atoms with Crippen LogP contribution in [0.15, 0.2) is 18.2 Å². The minimum absolute atomic E-state index is 0.0426. The molecule has 2 N–H and O–H groups in total. The number of benzene rings is 2. The van der Waals surface area contributed by atoms with Crippen LogP contribution < -0.4 is 9.47 Å². The summed E-state index contributed by atoms with van der Waals surface area (Å²) in [5.41, 5.74) is 0. The van der Waals surface area contributed by atoms with Gasteiger partial charge in [0, 0.05) is 15.8 Å². The average Bonchev–Trinajstić information content (AvgIpc) is 2.48. The van der Waals surface area contributed by atoms with Crippen LogP contribution in [0.1, 0.15) is 26.7 Å². The number of halogens is 1. The highest BCUT2D eigenvalue weighted by molar-refractivity contribution is 6.31. The molecule has 0 aliphatic carbocycles. The lowest BCUT2D eigenvalue weighted by molar-refractivity contribution is 0.250. The third-order valence-corrected chi connectivity index (χ3v) is 3.26. The van der Waals surface area contributed by atoms with Gasteiger partial charge in [0.25, 0.3) is 0 Å². The van der Waals surface area contributed by atoms with Crippen LogP contribution in [0.4, 0.5) is 0 Å². The third-order valence-electron chi connectivity index (χ3n) is 3.03. The Balaban J connectivity index is 2.65. The van der Waals surface area contributed by atoms with Gasteiger partial charge in [0.05, 0.1) is 13.2 Å². The van der Waals surface area contributed by atoms with Crippen molar-refractivity contribution in [3.05, 3.63) is 23.2 Å². The second-order valence-corrected chi connectivity index (χ2v) is 5.18. The SMILES string of the molecule is CCCOc1c(OCCC)c(O)c2cc(Cl)ccc2c1O. The summed E-state index contributed by atoms with van der Waals surface area (Å²) in [4.78, 5) is 0. The summed E-state index contributed by atoms with van der Waals surface area (Å²) < 4.78 is 11.1. The predicted molar refractivity (Wildman–Crippen MR) is 83.9 cm³/mol. The van der Waals surface area contributed by atoms with E-state index in [9.17, 15) is 10.2 Å². The Labute approximate surface area is 128 Å². The van der Waals surface area contributed by atoms with Crippen LogP contribution in [0.25, 0.3) is 10.8 Å². The molecular weight excluding hydrogens is 292 g/mol. The molecule has 0 atom stereocenters. The van der Waals surface area contributed by atoms with Crippen molar-refractivity contribution >= 4 is 22.4 Å². The average molecular weight is 311 g/mol. The van der Waals surface area contributed by atoms with Crippen LogP contribution in [0.5, 0.6) is 23.0 Å². The number of phenols is 2. The van der Waals surface area contributed by atoms with Gasteiger partial charge < -0.3 is 19.7 Å². The topological polar surface area (TPSA) is 58.9 Å². The van der Waals surface area contributed by atoms with Gasteiger partial charge in [-0.05, 0) is 31.0 Å². The molecule has 0 saturated heterocycles. The van der Waals surface area contributed by atoms with Crippen LogP contribution in [-0.2, 0) is 0 Å². The van der Waals surface area contributed by atoms with E-state index in [1.165, 1.54) is 0 Å². The van der Waals surface area contributed by atoms with E-state index in [0.29, 0.717) is 29.0 Å². The van der Waals surface area contributed by atoms with Crippen molar-refractivity contribution in [1.29, 1.82) is 0 Å². The van der Waals surface area contributed by atoms with Gasteiger partial charge in [0.15, 0.2) is 11.5 Å². The lowest BCUT2D eigenvalue weighted by Crippen LogP contribution is -2.02. The van der Waals surface area contributed by atoms with Gasteiger partial charge in [-0.15, -0.1) is 0 Å². The molecule has 0 aliphatic heterocycles. The molecule has 0 radical (unpaired) electrons. The Morgan fingerprint density at radius 3 is 1.95 bits per heavy atom. The molecule has 2 aromatic carbocycles. The first-order valence-corrected chi connectivity index (χ1v) is 7.40. The van der Waals surface area contributed by atoms with Gasteiger partial charge in [0.1, 0.15) is 0 Å². The first-order chi connectivity index (χ1) is 10.1. The summed E-state index contributed by atoms with van der Waals surface area (Å²) in [6.45, 7) is 4.77. The lowest BCUT2D eigenvalue weighted by atomic mass is 10.1. The van der Waals surface area contributed by atoms with Gasteiger partial charge >= 0.3 is 0 Å². The molecule has 0 aliphatic rings. The van der Waals surface area contributed by atoms with E-state index in [1.54, 1.807) is 18.2 Å². The van der Waals surface area contributed by atoms with Crippen molar-refractivity contribution in [2.45, 2.75) is 26.7 Å². The molecule has 0 aromatic heterocycles. The number of rotatable bonds is 6. The van der Waals surface area contributed by atoms with E-state index < -0.39 is 0 Å². The fourth-order valence-electron chi connectivity index (χ4n) is 2.05. The minimum atomic E-state index is -0.0650. The minimum Gasteiger partial charge on any atom is -0.504 e. The monoisotopic (exact) mass is 310 g/mol. The van der Waals surface area contributed by atoms with Crippen LogP contribution >= 0.6 is 11.6 Å². The number of aromatic hydroxyl groups is 2. The predicted octanol–water partition coefficient (Wildman–Crippen LogP) is 4.48. The molecule has 2 rings (SSSR count). The standard InChI is InChI=1S/C16H19ClO4/c1-3-7-20-15-13(18)11-6-5-10(17)9-12(11)14(19)16(15)21-8-4-2/h5-6,9,18-19H,3-4,7-8H2,1-2H3. The summed E-state index contributed by atoms with van der Waals surface area (Å²) in [6, 6.07) is 4.89. The van der Waals surface area contributed by atoms with Crippen molar-refractivity contribution in [1.82, 2.24) is 0 Å². The first kappa shape index (κ1) is 15.6. The Morgan fingerprint density at radius 1 is 0.905 bits per heavy atom. The van der Waals surface area contributed by atoms with Crippen molar-refractivity contribution < 1.29 is 19.7 Å². The fourth-order valence-corrected chi connectivity index (χ4v) is 2.23. The number of fused-ring (bicyclic) bond motifs is 1. The highest BCUT2D eigenvalue weighted by Crippen LogP contribution is 2.50. The maximum Gasteiger partial charge on any atom is 0.207 e. The smallest absolute Gasteiger partial charge is 0.207 e. The Hall–Kier alpha value is -1.81. The lowest BCUT2D eigenvalue weighted by Gasteiger charge is -2.17. The van der Waals surface area contributed by atoms with Gasteiger partial charge in [0.2, 0.25) is 11.5 Å². The Morgan fingerprint density at radius 2 is 1.43 bits per heavy atom. The van der Waals surface area contributed by atoms with Gasteiger partial charge in [-0.25, -0.2) is 0 Å². The highest BCUT2D eigenvalue weighted by atomic mass is 35.5.